The van der Waals surface area contributed by atoms with Gasteiger partial charge in [0.1, 0.15) is 5.82 Å². The number of carboxylic acids is 1. The number of morpholine rings is 1. The first-order valence-corrected chi connectivity index (χ1v) is 16.6. The lowest BCUT2D eigenvalue weighted by molar-refractivity contribution is -0.143. The van der Waals surface area contributed by atoms with Gasteiger partial charge in [-0.05, 0) is 72.9 Å². The molecule has 2 aliphatic rings. The highest BCUT2D eigenvalue weighted by atomic mass is 19.4. The van der Waals surface area contributed by atoms with Crippen LogP contribution in [0.4, 0.5) is 61.5 Å². The van der Waals surface area contributed by atoms with E-state index < -0.39 is 65.8 Å². The van der Waals surface area contributed by atoms with Gasteiger partial charge < -0.3 is 24.8 Å². The maximum absolute atomic E-state index is 14.0. The number of benzene rings is 2. The Balaban J connectivity index is 1.57. The molecule has 0 unspecified atom stereocenters. The van der Waals surface area contributed by atoms with Crippen molar-refractivity contribution in [1.29, 1.82) is 0 Å². The van der Waals surface area contributed by atoms with Gasteiger partial charge in [-0.15, -0.1) is 0 Å². The summed E-state index contributed by atoms with van der Waals surface area (Å²) in [6, 6.07) is 3.94. The summed E-state index contributed by atoms with van der Waals surface area (Å²) in [5, 5.41) is 12.0. The number of alkyl halides is 9. The molecule has 9 nitrogen and oxygen atoms in total. The zero-order valence-electron chi connectivity index (χ0n) is 28.2. The second-order valence-corrected chi connectivity index (χ2v) is 12.6. The second kappa shape index (κ2) is 15.7. The summed E-state index contributed by atoms with van der Waals surface area (Å²) in [5.41, 5.74) is -3.63. The minimum Gasteiger partial charge on any atom is -0.481 e. The fourth-order valence-corrected chi connectivity index (χ4v) is 6.38. The predicted octanol–water partition coefficient (Wildman–Crippen LogP) is 8.71. The van der Waals surface area contributed by atoms with Crippen molar-refractivity contribution in [3.05, 3.63) is 82.0 Å². The molecule has 1 fully saturated rings. The van der Waals surface area contributed by atoms with Gasteiger partial charge >= 0.3 is 30.6 Å². The number of halogens is 9. The van der Waals surface area contributed by atoms with E-state index in [1.807, 2.05) is 4.90 Å². The Morgan fingerprint density at radius 3 is 2.15 bits per heavy atom. The van der Waals surface area contributed by atoms with Crippen molar-refractivity contribution in [2.75, 3.05) is 48.0 Å². The lowest BCUT2D eigenvalue weighted by atomic mass is 9.88. The van der Waals surface area contributed by atoms with Crippen molar-refractivity contribution in [3.63, 3.8) is 0 Å². The van der Waals surface area contributed by atoms with E-state index in [1.54, 1.807) is 13.0 Å². The Morgan fingerprint density at radius 2 is 1.57 bits per heavy atom. The summed E-state index contributed by atoms with van der Waals surface area (Å²) in [5.74, 6) is -1.11. The Hall–Kier alpha value is -4.74. The third kappa shape index (κ3) is 9.63. The van der Waals surface area contributed by atoms with E-state index in [2.05, 4.69) is 10.3 Å². The van der Waals surface area contributed by atoms with E-state index in [9.17, 15) is 49.1 Å². The first kappa shape index (κ1) is 39.5. The minimum absolute atomic E-state index is 0.000826. The molecule has 0 spiro atoms. The molecule has 53 heavy (non-hydrogen) atoms. The van der Waals surface area contributed by atoms with Crippen molar-refractivity contribution in [2.24, 2.45) is 0 Å². The minimum atomic E-state index is -5.09. The zero-order valence-corrected chi connectivity index (χ0v) is 28.2. The number of anilines is 3. The van der Waals surface area contributed by atoms with Gasteiger partial charge in [-0.25, -0.2) is 9.78 Å². The van der Waals surface area contributed by atoms with Gasteiger partial charge in [0.2, 0.25) is 0 Å². The molecule has 0 aliphatic carbocycles. The van der Waals surface area contributed by atoms with Crippen LogP contribution >= 0.6 is 0 Å². The van der Waals surface area contributed by atoms with Crippen LogP contribution in [0.1, 0.15) is 72.0 Å². The SMILES string of the molecule is CC[C@@H]1C[C@H](Nc2ncc(N3CCOCC3)cc2Cc2cc(C(F)(F)F)cc(C(F)(F)F)c2)c2cc(C(F)(F)F)ccc2N1C(=O)OCCCC(=O)O. The summed E-state index contributed by atoms with van der Waals surface area (Å²) in [7, 11) is 0. The van der Waals surface area contributed by atoms with Crippen LogP contribution < -0.4 is 15.1 Å². The monoisotopic (exact) mass is 762 g/mol. The van der Waals surface area contributed by atoms with Crippen LogP contribution in [0.5, 0.6) is 0 Å². The van der Waals surface area contributed by atoms with Crippen molar-refractivity contribution < 1.29 is 63.7 Å². The van der Waals surface area contributed by atoms with Crippen LogP contribution in [0.25, 0.3) is 0 Å². The molecule has 288 valence electrons. The molecule has 0 radical (unpaired) electrons. The van der Waals surface area contributed by atoms with Gasteiger partial charge in [0.25, 0.3) is 0 Å². The summed E-state index contributed by atoms with van der Waals surface area (Å²) in [6.45, 7) is 3.03. The summed E-state index contributed by atoms with van der Waals surface area (Å²) in [6.07, 6.45) is -14.9. The van der Waals surface area contributed by atoms with E-state index in [4.69, 9.17) is 14.6 Å². The van der Waals surface area contributed by atoms with Gasteiger partial charge in [0.15, 0.2) is 0 Å². The Morgan fingerprint density at radius 1 is 0.925 bits per heavy atom. The normalized spacial score (nSPS) is 18.1. The first-order chi connectivity index (χ1) is 24.8. The number of hydrogen-bond donors (Lipinski definition) is 2. The third-order valence-electron chi connectivity index (χ3n) is 8.97. The summed E-state index contributed by atoms with van der Waals surface area (Å²) >= 11 is 0. The van der Waals surface area contributed by atoms with Crippen molar-refractivity contribution >= 4 is 29.3 Å². The molecule has 2 atom stereocenters. The fraction of sp³-hybridized carbons (Fsp3) is 0.457. The molecule has 0 bridgehead atoms. The van der Waals surface area contributed by atoms with Gasteiger partial charge in [-0.2, -0.15) is 39.5 Å². The van der Waals surface area contributed by atoms with Gasteiger partial charge in [0, 0.05) is 37.5 Å². The number of hydrogen-bond acceptors (Lipinski definition) is 7. The molecule has 5 rings (SSSR count). The number of rotatable bonds is 10. The van der Waals surface area contributed by atoms with Crippen LogP contribution in [-0.4, -0.2) is 61.1 Å². The molecule has 0 saturated carbocycles. The summed E-state index contributed by atoms with van der Waals surface area (Å²) < 4.78 is 135. The second-order valence-electron chi connectivity index (χ2n) is 12.6. The number of aromatic nitrogens is 1. The van der Waals surface area contributed by atoms with E-state index in [0.717, 1.165) is 18.2 Å². The number of carbonyl (C=O) groups excluding carboxylic acids is 1. The molecular weight excluding hydrogens is 727 g/mol. The van der Waals surface area contributed by atoms with Crippen molar-refractivity contribution in [1.82, 2.24) is 4.98 Å². The Labute approximate surface area is 297 Å². The molecule has 1 aromatic heterocycles. The number of nitrogens with one attached hydrogen (secondary N) is 1. The molecule has 1 amide bonds. The zero-order chi connectivity index (χ0) is 38.7. The lowest BCUT2D eigenvalue weighted by Gasteiger charge is -2.40. The van der Waals surface area contributed by atoms with Crippen LogP contribution in [-0.2, 0) is 39.2 Å². The molecule has 2 N–H and O–H groups in total. The van der Waals surface area contributed by atoms with Crippen molar-refractivity contribution in [3.8, 4) is 0 Å². The molecule has 18 heteroatoms. The predicted molar refractivity (Wildman–Crippen MR) is 174 cm³/mol. The average Bonchev–Trinajstić information content (AvgIpc) is 3.09. The standard InChI is InChI=1S/C35H35F9N4O5/c1-2-25-18-28(27-17-22(33(36,37)38)5-6-29(27)48(25)32(51)53-9-3-4-30(49)50)46-31-21(15-26(19-45-31)47-7-10-52-11-8-47)12-20-13-23(34(39,40)41)16-24(14-20)35(42,43)44/h5-6,13-17,19,25,28H,2-4,7-12,18H2,1H3,(H,45,46)(H,49,50)/t25-,28+/m1/s1. The number of ether oxygens (including phenoxy) is 2. The smallest absolute Gasteiger partial charge is 0.416 e. The highest BCUT2D eigenvalue weighted by Gasteiger charge is 2.40. The van der Waals surface area contributed by atoms with E-state index in [1.165, 1.54) is 11.1 Å². The van der Waals surface area contributed by atoms with Gasteiger partial charge in [-0.1, -0.05) is 6.92 Å². The maximum Gasteiger partial charge on any atom is 0.416 e. The fourth-order valence-electron chi connectivity index (χ4n) is 6.38. The number of fused-ring (bicyclic) bond motifs is 1. The van der Waals surface area contributed by atoms with Crippen LogP contribution in [0, 0.1) is 0 Å². The largest absolute Gasteiger partial charge is 0.481 e. The number of nitrogens with zero attached hydrogens (tertiary/aromatic N) is 3. The lowest BCUT2D eigenvalue weighted by Crippen LogP contribution is -2.46. The number of aliphatic carboxylic acids is 1. The van der Waals surface area contributed by atoms with Crippen LogP contribution in [0.15, 0.2) is 48.7 Å². The molecular formula is C35H35F9N4O5. The average molecular weight is 763 g/mol. The summed E-state index contributed by atoms with van der Waals surface area (Å²) in [4.78, 5) is 31.7. The first-order valence-electron chi connectivity index (χ1n) is 16.6. The molecule has 3 aromatic rings. The highest BCUT2D eigenvalue weighted by molar-refractivity contribution is 5.90. The van der Waals surface area contributed by atoms with E-state index in [0.29, 0.717) is 50.5 Å². The van der Waals surface area contributed by atoms with E-state index >= 15 is 0 Å². The number of carboxylic acid groups (broad SMARTS) is 1. The quantitative estimate of drug-likeness (QED) is 0.156. The Kier molecular flexibility index (Phi) is 11.7. The van der Waals surface area contributed by atoms with Crippen LogP contribution in [0.2, 0.25) is 0 Å². The highest BCUT2D eigenvalue weighted by Crippen LogP contribution is 2.44. The Bertz CT molecular complexity index is 1760. The van der Waals surface area contributed by atoms with E-state index in [-0.39, 0.29) is 60.1 Å². The molecule has 2 aliphatic heterocycles. The molecule has 1 saturated heterocycles. The topological polar surface area (TPSA) is 104 Å². The molecule has 2 aromatic carbocycles. The third-order valence-corrected chi connectivity index (χ3v) is 8.97. The number of carbonyl (C=O) groups is 2. The van der Waals surface area contributed by atoms with Gasteiger partial charge in [-0.3, -0.25) is 9.69 Å². The maximum atomic E-state index is 14.0. The molecule has 3 heterocycles. The van der Waals surface area contributed by atoms with Crippen molar-refractivity contribution in [2.45, 2.75) is 69.6 Å². The van der Waals surface area contributed by atoms with Gasteiger partial charge in [0.05, 0.1) is 60.1 Å². The number of amides is 1. The van der Waals surface area contributed by atoms with Crippen LogP contribution in [0.3, 0.4) is 0 Å². The number of pyridine rings is 1.